The number of hydrogen-bond acceptors (Lipinski definition) is 3. The highest BCUT2D eigenvalue weighted by Crippen LogP contribution is 2.44. The molecule has 2 atom stereocenters. The molecule has 2 aromatic carbocycles. The van der Waals surface area contributed by atoms with Crippen LogP contribution in [0.3, 0.4) is 0 Å². The summed E-state index contributed by atoms with van der Waals surface area (Å²) in [6, 6.07) is 11.8. The second kappa shape index (κ2) is 9.11. The van der Waals surface area contributed by atoms with E-state index in [-0.39, 0.29) is 6.04 Å². The van der Waals surface area contributed by atoms with Crippen molar-refractivity contribution in [2.75, 3.05) is 18.1 Å². The molecule has 2 heterocycles. The lowest BCUT2D eigenvalue weighted by Crippen LogP contribution is -2.30. The number of halogens is 4. The number of hydrazone groups is 1. The Hall–Kier alpha value is -0.840. The Bertz CT molecular complexity index is 989. The molecule has 2 aliphatic heterocycles. The SMILES string of the molecule is CCCN1N=C2/C(=C\c3ccc(Cl)c(Cl)c3)CSCC2C1c1ccc(Cl)c(Cl)c1. The molecule has 1 saturated heterocycles. The summed E-state index contributed by atoms with van der Waals surface area (Å²) in [5, 5.41) is 9.57. The van der Waals surface area contributed by atoms with E-state index in [1.807, 2.05) is 42.1 Å². The molecule has 2 aliphatic rings. The van der Waals surface area contributed by atoms with Crippen LogP contribution in [0.15, 0.2) is 47.1 Å². The van der Waals surface area contributed by atoms with Gasteiger partial charge in [0.15, 0.2) is 0 Å². The molecule has 0 saturated carbocycles. The third-order valence-corrected chi connectivity index (χ3v) is 7.78. The second-order valence-electron chi connectivity index (χ2n) is 7.23. The monoisotopic (exact) mass is 484 g/mol. The van der Waals surface area contributed by atoms with Crippen LogP contribution in [0, 0.1) is 5.92 Å². The van der Waals surface area contributed by atoms with Crippen molar-refractivity contribution < 1.29 is 0 Å². The maximum atomic E-state index is 6.33. The second-order valence-corrected chi connectivity index (χ2v) is 9.89. The first-order valence-corrected chi connectivity index (χ1v) is 12.2. The van der Waals surface area contributed by atoms with E-state index < -0.39 is 0 Å². The molecule has 2 aromatic rings. The summed E-state index contributed by atoms with van der Waals surface area (Å²) in [7, 11) is 0. The first-order chi connectivity index (χ1) is 14.0. The average Bonchev–Trinajstić information content (AvgIpc) is 3.06. The van der Waals surface area contributed by atoms with E-state index in [9.17, 15) is 0 Å². The van der Waals surface area contributed by atoms with Crippen LogP contribution >= 0.6 is 58.2 Å². The van der Waals surface area contributed by atoms with Crippen molar-refractivity contribution in [1.82, 2.24) is 5.01 Å². The van der Waals surface area contributed by atoms with Crippen LogP contribution in [-0.2, 0) is 0 Å². The molecule has 2 nitrogen and oxygen atoms in total. The molecular formula is C22H20Cl4N2S. The number of hydrogen-bond donors (Lipinski definition) is 0. The fourth-order valence-corrected chi connectivity index (χ4v) is 5.69. The Morgan fingerprint density at radius 3 is 2.45 bits per heavy atom. The summed E-state index contributed by atoms with van der Waals surface area (Å²) >= 11 is 26.7. The summed E-state index contributed by atoms with van der Waals surface area (Å²) in [5.74, 6) is 2.28. The van der Waals surface area contributed by atoms with Crippen molar-refractivity contribution >= 4 is 70.0 Å². The average molecular weight is 486 g/mol. The smallest absolute Gasteiger partial charge is 0.0812 e. The van der Waals surface area contributed by atoms with Crippen molar-refractivity contribution in [3.8, 4) is 0 Å². The molecule has 1 fully saturated rings. The molecular weight excluding hydrogens is 466 g/mol. The first-order valence-electron chi connectivity index (χ1n) is 9.51. The van der Waals surface area contributed by atoms with Gasteiger partial charge in [0, 0.05) is 24.0 Å². The lowest BCUT2D eigenvalue weighted by atomic mass is 9.87. The van der Waals surface area contributed by atoms with Crippen LogP contribution in [0.1, 0.15) is 30.5 Å². The Labute approximate surface area is 195 Å². The van der Waals surface area contributed by atoms with Gasteiger partial charge in [-0.1, -0.05) is 65.5 Å². The van der Waals surface area contributed by atoms with Gasteiger partial charge in [0.2, 0.25) is 0 Å². The Kier molecular flexibility index (Phi) is 6.72. The van der Waals surface area contributed by atoms with E-state index in [1.165, 1.54) is 11.3 Å². The van der Waals surface area contributed by atoms with Gasteiger partial charge in [0.1, 0.15) is 0 Å². The highest BCUT2D eigenvalue weighted by molar-refractivity contribution is 7.99. The molecule has 0 aliphatic carbocycles. The Morgan fingerprint density at radius 1 is 1.03 bits per heavy atom. The summed E-state index contributed by atoms with van der Waals surface area (Å²) in [4.78, 5) is 0. The first kappa shape index (κ1) is 21.4. The predicted molar refractivity (Wildman–Crippen MR) is 129 cm³/mol. The summed E-state index contributed by atoms with van der Waals surface area (Å²) in [6.07, 6.45) is 3.21. The van der Waals surface area contributed by atoms with Gasteiger partial charge >= 0.3 is 0 Å². The molecule has 0 aromatic heterocycles. The van der Waals surface area contributed by atoms with Crippen LogP contribution in [0.5, 0.6) is 0 Å². The third-order valence-electron chi connectivity index (χ3n) is 5.20. The Balaban J connectivity index is 1.71. The van der Waals surface area contributed by atoms with Crippen molar-refractivity contribution in [2.24, 2.45) is 11.0 Å². The van der Waals surface area contributed by atoms with Gasteiger partial charge in [0.05, 0.1) is 31.8 Å². The third kappa shape index (κ3) is 4.45. The Morgan fingerprint density at radius 2 is 1.76 bits per heavy atom. The number of thioether (sulfide) groups is 1. The van der Waals surface area contributed by atoms with E-state index in [1.54, 1.807) is 0 Å². The molecule has 0 radical (unpaired) electrons. The van der Waals surface area contributed by atoms with E-state index in [2.05, 4.69) is 24.1 Å². The van der Waals surface area contributed by atoms with Crippen molar-refractivity contribution in [3.05, 3.63) is 73.2 Å². The minimum absolute atomic E-state index is 0.171. The molecule has 0 bridgehead atoms. The molecule has 152 valence electrons. The molecule has 0 amide bonds. The predicted octanol–water partition coefficient (Wildman–Crippen LogP) is 7.87. The van der Waals surface area contributed by atoms with Crippen molar-refractivity contribution in [2.45, 2.75) is 19.4 Å². The lowest BCUT2D eigenvalue weighted by Gasteiger charge is -2.30. The zero-order chi connectivity index (χ0) is 20.5. The number of rotatable bonds is 4. The number of benzene rings is 2. The zero-order valence-electron chi connectivity index (χ0n) is 15.8. The minimum Gasteiger partial charge on any atom is -0.289 e. The fraction of sp³-hybridized carbons (Fsp3) is 0.318. The lowest BCUT2D eigenvalue weighted by molar-refractivity contribution is 0.209. The van der Waals surface area contributed by atoms with E-state index in [4.69, 9.17) is 51.5 Å². The molecule has 7 heteroatoms. The molecule has 0 spiro atoms. The maximum Gasteiger partial charge on any atom is 0.0812 e. The summed E-state index contributed by atoms with van der Waals surface area (Å²) in [6.45, 7) is 3.07. The molecule has 4 rings (SSSR count). The van der Waals surface area contributed by atoms with Gasteiger partial charge in [-0.3, -0.25) is 5.01 Å². The van der Waals surface area contributed by atoms with Gasteiger partial charge < -0.3 is 0 Å². The maximum absolute atomic E-state index is 6.33. The summed E-state index contributed by atoms with van der Waals surface area (Å²) in [5.41, 5.74) is 4.61. The molecule has 2 unspecified atom stereocenters. The van der Waals surface area contributed by atoms with Crippen LogP contribution < -0.4 is 0 Å². The largest absolute Gasteiger partial charge is 0.289 e. The zero-order valence-corrected chi connectivity index (χ0v) is 19.7. The summed E-state index contributed by atoms with van der Waals surface area (Å²) < 4.78 is 0. The van der Waals surface area contributed by atoms with Gasteiger partial charge in [-0.05, 0) is 53.5 Å². The van der Waals surface area contributed by atoms with E-state index in [0.29, 0.717) is 26.0 Å². The quantitative estimate of drug-likeness (QED) is 0.437. The minimum atomic E-state index is 0.171. The van der Waals surface area contributed by atoms with E-state index in [0.717, 1.165) is 35.6 Å². The normalized spacial score (nSPS) is 22.7. The van der Waals surface area contributed by atoms with Crippen LogP contribution in [-0.4, -0.2) is 28.8 Å². The van der Waals surface area contributed by atoms with E-state index >= 15 is 0 Å². The van der Waals surface area contributed by atoms with Crippen LogP contribution in [0.25, 0.3) is 6.08 Å². The van der Waals surface area contributed by atoms with Crippen LogP contribution in [0.4, 0.5) is 0 Å². The topological polar surface area (TPSA) is 15.6 Å². The van der Waals surface area contributed by atoms with Gasteiger partial charge in [-0.25, -0.2) is 0 Å². The van der Waals surface area contributed by atoms with Gasteiger partial charge in [0.25, 0.3) is 0 Å². The highest BCUT2D eigenvalue weighted by atomic mass is 35.5. The van der Waals surface area contributed by atoms with Gasteiger partial charge in [-0.2, -0.15) is 16.9 Å². The van der Waals surface area contributed by atoms with Crippen molar-refractivity contribution in [3.63, 3.8) is 0 Å². The number of nitrogens with zero attached hydrogens (tertiary/aromatic N) is 2. The highest BCUT2D eigenvalue weighted by Gasteiger charge is 2.41. The molecule has 29 heavy (non-hydrogen) atoms. The van der Waals surface area contributed by atoms with Crippen molar-refractivity contribution in [1.29, 1.82) is 0 Å². The van der Waals surface area contributed by atoms with Crippen LogP contribution in [0.2, 0.25) is 20.1 Å². The standard InChI is InChI=1S/C22H20Cl4N2S/c1-2-7-28-22(14-4-6-18(24)20(26)10-14)16-12-29-11-15(21(16)27-28)8-13-3-5-17(23)19(25)9-13/h3-6,8-10,16,22H,2,7,11-12H2,1H3/b15-8-. The number of fused-ring (bicyclic) bond motifs is 1. The van der Waals surface area contributed by atoms with Gasteiger partial charge in [-0.15, -0.1) is 0 Å². The molecule has 0 N–H and O–H groups in total. The fourth-order valence-electron chi connectivity index (χ4n) is 3.91.